The second-order valence-corrected chi connectivity index (χ2v) is 5.81. The zero-order valence-corrected chi connectivity index (χ0v) is 14.3. The fourth-order valence-electron chi connectivity index (χ4n) is 2.63. The van der Waals surface area contributed by atoms with Crippen LogP contribution in [0.3, 0.4) is 0 Å². The minimum Gasteiger partial charge on any atom is -0.494 e. The first-order chi connectivity index (χ1) is 12.2. The molecular weight excluding hydrogens is 336 g/mol. The topological polar surface area (TPSA) is 85.1 Å². The van der Waals surface area contributed by atoms with Gasteiger partial charge in [0.25, 0.3) is 0 Å². The molecule has 0 saturated heterocycles. The Hall–Kier alpha value is -2.93. The highest BCUT2D eigenvalue weighted by molar-refractivity contribution is 7.80. The molecule has 0 amide bonds. The van der Waals surface area contributed by atoms with E-state index in [1.165, 1.54) is 0 Å². The number of nitrogens with zero attached hydrogens (tertiary/aromatic N) is 3. The maximum Gasteiger partial charge on any atom is 0.220 e. The third kappa shape index (κ3) is 3.95. The lowest BCUT2D eigenvalue weighted by molar-refractivity contribution is 0.298. The van der Waals surface area contributed by atoms with Gasteiger partial charge in [0.15, 0.2) is 5.69 Å². The fourth-order valence-corrected chi connectivity index (χ4v) is 2.67. The van der Waals surface area contributed by atoms with Gasteiger partial charge in [-0.05, 0) is 36.8 Å². The van der Waals surface area contributed by atoms with Gasteiger partial charge in [-0.15, -0.1) is 10.2 Å². The highest BCUT2D eigenvalue weighted by Gasteiger charge is 2.16. The van der Waals surface area contributed by atoms with Crippen molar-refractivity contribution in [3.8, 4) is 11.6 Å². The summed E-state index contributed by atoms with van der Waals surface area (Å²) in [6, 6.07) is 17.2. The van der Waals surface area contributed by atoms with Crippen LogP contribution in [0.2, 0.25) is 0 Å². The number of aromatic nitrogens is 1. The molecule has 0 bridgehead atoms. The van der Waals surface area contributed by atoms with Crippen LogP contribution in [0.25, 0.3) is 10.9 Å². The third-order valence-electron chi connectivity index (χ3n) is 3.70. The number of aromatic hydroxyl groups is 1. The second-order valence-electron chi connectivity index (χ2n) is 5.39. The van der Waals surface area contributed by atoms with E-state index in [0.717, 1.165) is 23.1 Å². The summed E-state index contributed by atoms with van der Waals surface area (Å²) in [5.74, 6) is 0.871. The van der Waals surface area contributed by atoms with Gasteiger partial charge in [-0.1, -0.05) is 36.4 Å². The Morgan fingerprint density at radius 3 is 2.60 bits per heavy atom. The van der Waals surface area contributed by atoms with E-state index in [2.05, 4.69) is 10.2 Å². The van der Waals surface area contributed by atoms with Crippen LogP contribution in [0.1, 0.15) is 6.42 Å². The standard InChI is InChI=1S/C18H18N4O2S/c19-18(25)21-20-16-14-9-4-5-10-15(14)22(17(16)23)11-6-12-24-13-7-2-1-3-8-13/h1-5,7-10,23H,6,11-12H2,(H2,19,25). The summed E-state index contributed by atoms with van der Waals surface area (Å²) in [7, 11) is 0. The van der Waals surface area contributed by atoms with Gasteiger partial charge in [0.2, 0.25) is 11.0 Å². The maximum absolute atomic E-state index is 10.5. The Morgan fingerprint density at radius 1 is 1.12 bits per heavy atom. The average molecular weight is 354 g/mol. The van der Waals surface area contributed by atoms with Crippen molar-refractivity contribution in [2.45, 2.75) is 13.0 Å². The van der Waals surface area contributed by atoms with Crippen LogP contribution in [0.15, 0.2) is 64.8 Å². The van der Waals surface area contributed by atoms with E-state index in [1.54, 1.807) is 4.57 Å². The number of hydrogen-bond acceptors (Lipinski definition) is 4. The predicted octanol–water partition coefficient (Wildman–Crippen LogP) is 4.14. The fraction of sp³-hybridized carbons (Fsp3) is 0.167. The van der Waals surface area contributed by atoms with Gasteiger partial charge >= 0.3 is 0 Å². The molecule has 0 aliphatic heterocycles. The summed E-state index contributed by atoms with van der Waals surface area (Å²) >= 11 is 4.71. The molecule has 0 saturated carbocycles. The van der Waals surface area contributed by atoms with Crippen molar-refractivity contribution in [2.24, 2.45) is 16.0 Å². The Bertz CT molecular complexity index is 906. The molecule has 0 unspecified atom stereocenters. The number of fused-ring (bicyclic) bond motifs is 1. The highest BCUT2D eigenvalue weighted by atomic mass is 32.1. The molecule has 1 aromatic heterocycles. The van der Waals surface area contributed by atoms with E-state index < -0.39 is 0 Å². The minimum atomic E-state index is -0.0764. The molecule has 0 aliphatic carbocycles. The summed E-state index contributed by atoms with van der Waals surface area (Å²) in [4.78, 5) is 0. The Balaban J connectivity index is 1.77. The van der Waals surface area contributed by atoms with Gasteiger partial charge in [0.1, 0.15) is 5.75 Å². The number of benzene rings is 2. The van der Waals surface area contributed by atoms with Crippen molar-refractivity contribution in [2.75, 3.05) is 6.61 Å². The molecule has 0 atom stereocenters. The molecule has 1 heterocycles. The van der Waals surface area contributed by atoms with E-state index in [4.69, 9.17) is 22.7 Å². The molecule has 2 aromatic carbocycles. The van der Waals surface area contributed by atoms with Crippen molar-refractivity contribution in [3.05, 3.63) is 54.6 Å². The molecule has 0 spiro atoms. The van der Waals surface area contributed by atoms with E-state index >= 15 is 0 Å². The van der Waals surface area contributed by atoms with Gasteiger partial charge in [0, 0.05) is 11.9 Å². The monoisotopic (exact) mass is 354 g/mol. The molecule has 3 rings (SSSR count). The first-order valence-electron chi connectivity index (χ1n) is 7.86. The van der Waals surface area contributed by atoms with Gasteiger partial charge in [-0.3, -0.25) is 0 Å². The average Bonchev–Trinajstić information content (AvgIpc) is 2.89. The first-order valence-corrected chi connectivity index (χ1v) is 8.27. The minimum absolute atomic E-state index is 0.0425. The first kappa shape index (κ1) is 16.9. The predicted molar refractivity (Wildman–Crippen MR) is 101 cm³/mol. The molecular formula is C18H18N4O2S. The smallest absolute Gasteiger partial charge is 0.220 e. The molecule has 128 valence electrons. The largest absolute Gasteiger partial charge is 0.494 e. The Morgan fingerprint density at radius 2 is 1.84 bits per heavy atom. The van der Waals surface area contributed by atoms with E-state index in [-0.39, 0.29) is 11.0 Å². The van der Waals surface area contributed by atoms with Crippen LogP contribution in [-0.2, 0) is 6.54 Å². The number of hydrogen-bond donors (Lipinski definition) is 2. The van der Waals surface area contributed by atoms with Crippen molar-refractivity contribution in [1.29, 1.82) is 0 Å². The lowest BCUT2D eigenvalue weighted by Gasteiger charge is -2.08. The Kier molecular flexibility index (Phi) is 5.25. The number of azo groups is 1. The van der Waals surface area contributed by atoms with Crippen LogP contribution in [0.4, 0.5) is 5.69 Å². The zero-order chi connectivity index (χ0) is 17.6. The number of para-hydroxylation sites is 2. The normalized spacial score (nSPS) is 11.2. The van der Waals surface area contributed by atoms with Crippen molar-refractivity contribution >= 4 is 33.9 Å². The SMILES string of the molecule is NC(=S)N=Nc1c(O)n(CCCOc2ccccc2)c2ccccc12. The van der Waals surface area contributed by atoms with Gasteiger partial charge < -0.3 is 20.1 Å². The number of nitrogens with two attached hydrogens (primary N) is 1. The molecule has 6 nitrogen and oxygen atoms in total. The lowest BCUT2D eigenvalue weighted by Crippen LogP contribution is -2.04. The molecule has 25 heavy (non-hydrogen) atoms. The van der Waals surface area contributed by atoms with Crippen LogP contribution >= 0.6 is 12.2 Å². The van der Waals surface area contributed by atoms with Crippen LogP contribution in [-0.4, -0.2) is 21.4 Å². The van der Waals surface area contributed by atoms with Gasteiger partial charge in [-0.2, -0.15) is 0 Å². The quantitative estimate of drug-likeness (QED) is 0.396. The molecule has 0 radical (unpaired) electrons. The second kappa shape index (κ2) is 7.76. The summed E-state index contributed by atoms with van der Waals surface area (Å²) < 4.78 is 7.48. The van der Waals surface area contributed by atoms with E-state index in [1.807, 2.05) is 54.6 Å². The maximum atomic E-state index is 10.5. The third-order valence-corrected chi connectivity index (χ3v) is 3.79. The van der Waals surface area contributed by atoms with E-state index in [9.17, 15) is 5.11 Å². The summed E-state index contributed by atoms with van der Waals surface area (Å²) in [6.07, 6.45) is 0.729. The highest BCUT2D eigenvalue weighted by Crippen LogP contribution is 2.38. The number of aryl methyl sites for hydroxylation is 1. The van der Waals surface area contributed by atoms with Crippen molar-refractivity contribution < 1.29 is 9.84 Å². The van der Waals surface area contributed by atoms with Crippen LogP contribution in [0.5, 0.6) is 11.6 Å². The molecule has 3 aromatic rings. The lowest BCUT2D eigenvalue weighted by atomic mass is 10.2. The summed E-state index contributed by atoms with van der Waals surface area (Å²) in [5, 5.41) is 18.9. The van der Waals surface area contributed by atoms with Gasteiger partial charge in [-0.25, -0.2) is 0 Å². The zero-order valence-electron chi connectivity index (χ0n) is 13.5. The van der Waals surface area contributed by atoms with Gasteiger partial charge in [0.05, 0.1) is 12.1 Å². The van der Waals surface area contributed by atoms with E-state index in [0.29, 0.717) is 18.8 Å². The Labute approximate surface area is 150 Å². The summed E-state index contributed by atoms with van der Waals surface area (Å²) in [5.41, 5.74) is 6.60. The number of rotatable bonds is 6. The molecule has 0 fully saturated rings. The number of thiocarbonyl (C=S) groups is 1. The number of ether oxygens (including phenoxy) is 1. The van der Waals surface area contributed by atoms with Crippen LogP contribution < -0.4 is 10.5 Å². The molecule has 7 heteroatoms. The molecule has 0 aliphatic rings. The summed E-state index contributed by atoms with van der Waals surface area (Å²) in [6.45, 7) is 1.13. The van der Waals surface area contributed by atoms with Crippen molar-refractivity contribution in [3.63, 3.8) is 0 Å². The van der Waals surface area contributed by atoms with Crippen LogP contribution in [0, 0.1) is 0 Å². The van der Waals surface area contributed by atoms with Crippen molar-refractivity contribution in [1.82, 2.24) is 4.57 Å². The molecule has 3 N–H and O–H groups in total.